The van der Waals surface area contributed by atoms with Crippen molar-refractivity contribution in [3.8, 4) is 0 Å². The number of carbonyl (C=O) groups excluding carboxylic acids is 1. The zero-order valence-corrected chi connectivity index (χ0v) is 10.9. The lowest BCUT2D eigenvalue weighted by Gasteiger charge is -2.06. The van der Waals surface area contributed by atoms with Crippen molar-refractivity contribution in [1.82, 2.24) is 0 Å². The molecule has 0 unspecified atom stereocenters. The normalized spacial score (nSPS) is 10.4. The predicted molar refractivity (Wildman–Crippen MR) is 74.9 cm³/mol. The summed E-state index contributed by atoms with van der Waals surface area (Å²) >= 11 is 0. The van der Waals surface area contributed by atoms with Crippen molar-refractivity contribution in [2.24, 2.45) is 0 Å². The number of nitrogen functional groups attached to an aromatic ring is 1. The van der Waals surface area contributed by atoms with Gasteiger partial charge in [-0.25, -0.2) is 0 Å². The molecule has 0 saturated heterocycles. The van der Waals surface area contributed by atoms with Gasteiger partial charge in [-0.3, -0.25) is 4.79 Å². The minimum atomic E-state index is 0.0218. The Morgan fingerprint density at radius 3 is 2.06 bits per heavy atom. The van der Waals surface area contributed by atoms with Crippen LogP contribution in [0.2, 0.25) is 0 Å². The number of aryl methyl sites for hydroxylation is 3. The zero-order chi connectivity index (χ0) is 13.3. The van der Waals surface area contributed by atoms with Crippen molar-refractivity contribution in [3.63, 3.8) is 0 Å². The summed E-state index contributed by atoms with van der Waals surface area (Å²) in [6, 6.07) is 11.3. The molecular formula is C16H17NO. The maximum Gasteiger partial charge on any atom is 0.193 e. The van der Waals surface area contributed by atoms with E-state index in [0.717, 1.165) is 22.3 Å². The standard InChI is InChI=1S/C16H17NO/c1-10-6-11(2)8-14(7-10)16(18)13-5-4-12(3)15(17)9-13/h4-9H,17H2,1-3H3. The Morgan fingerprint density at radius 1 is 0.889 bits per heavy atom. The summed E-state index contributed by atoms with van der Waals surface area (Å²) in [5, 5.41) is 0. The molecule has 0 bridgehead atoms. The molecule has 2 aromatic carbocycles. The molecule has 2 rings (SSSR count). The summed E-state index contributed by atoms with van der Waals surface area (Å²) < 4.78 is 0. The van der Waals surface area contributed by atoms with Crippen LogP contribution in [0.5, 0.6) is 0 Å². The van der Waals surface area contributed by atoms with Crippen LogP contribution in [-0.4, -0.2) is 5.78 Å². The van der Waals surface area contributed by atoms with E-state index < -0.39 is 0 Å². The molecule has 0 radical (unpaired) electrons. The molecule has 2 heteroatoms. The van der Waals surface area contributed by atoms with Crippen LogP contribution in [0.15, 0.2) is 36.4 Å². The van der Waals surface area contributed by atoms with E-state index in [1.54, 1.807) is 6.07 Å². The first-order chi connectivity index (χ1) is 8.47. The summed E-state index contributed by atoms with van der Waals surface area (Å²) in [7, 11) is 0. The fourth-order valence-electron chi connectivity index (χ4n) is 2.05. The highest BCUT2D eigenvalue weighted by Gasteiger charge is 2.10. The van der Waals surface area contributed by atoms with Gasteiger partial charge in [-0.2, -0.15) is 0 Å². The molecule has 2 aromatic rings. The van der Waals surface area contributed by atoms with Gasteiger partial charge in [0.2, 0.25) is 0 Å². The molecule has 92 valence electrons. The Balaban J connectivity index is 2.44. The number of nitrogens with two attached hydrogens (primary N) is 1. The van der Waals surface area contributed by atoms with Crippen LogP contribution < -0.4 is 5.73 Å². The molecule has 2 N–H and O–H groups in total. The van der Waals surface area contributed by atoms with Crippen molar-refractivity contribution in [2.45, 2.75) is 20.8 Å². The quantitative estimate of drug-likeness (QED) is 0.644. The lowest BCUT2D eigenvalue weighted by atomic mass is 9.98. The molecular weight excluding hydrogens is 222 g/mol. The average Bonchev–Trinajstić information content (AvgIpc) is 2.30. The first kappa shape index (κ1) is 12.4. The topological polar surface area (TPSA) is 43.1 Å². The Labute approximate surface area is 107 Å². The fourth-order valence-corrected chi connectivity index (χ4v) is 2.05. The van der Waals surface area contributed by atoms with Gasteiger partial charge >= 0.3 is 0 Å². The summed E-state index contributed by atoms with van der Waals surface area (Å²) in [6.07, 6.45) is 0. The number of benzene rings is 2. The van der Waals surface area contributed by atoms with Gasteiger partial charge in [-0.05, 0) is 44.5 Å². The third-order valence-electron chi connectivity index (χ3n) is 3.03. The van der Waals surface area contributed by atoms with Gasteiger partial charge in [0.05, 0.1) is 0 Å². The van der Waals surface area contributed by atoms with E-state index >= 15 is 0 Å². The number of hydrogen-bond donors (Lipinski definition) is 1. The second-order valence-corrected chi connectivity index (χ2v) is 4.78. The summed E-state index contributed by atoms with van der Waals surface area (Å²) in [6.45, 7) is 5.92. The van der Waals surface area contributed by atoms with Crippen LogP contribution in [0.1, 0.15) is 32.6 Å². The molecule has 0 aromatic heterocycles. The Bertz CT molecular complexity index is 594. The van der Waals surface area contributed by atoms with E-state index in [2.05, 4.69) is 6.07 Å². The van der Waals surface area contributed by atoms with Crippen LogP contribution in [0.4, 0.5) is 5.69 Å². The summed E-state index contributed by atoms with van der Waals surface area (Å²) in [5.41, 5.74) is 11.0. The van der Waals surface area contributed by atoms with Crippen molar-refractivity contribution in [1.29, 1.82) is 0 Å². The van der Waals surface area contributed by atoms with E-state index in [9.17, 15) is 4.79 Å². The monoisotopic (exact) mass is 239 g/mol. The molecule has 0 aliphatic rings. The largest absolute Gasteiger partial charge is 0.398 e. The van der Waals surface area contributed by atoms with Gasteiger partial charge in [-0.1, -0.05) is 29.3 Å². The second-order valence-electron chi connectivity index (χ2n) is 4.78. The minimum absolute atomic E-state index is 0.0218. The lowest BCUT2D eigenvalue weighted by molar-refractivity contribution is 0.103. The smallest absolute Gasteiger partial charge is 0.193 e. The molecule has 0 heterocycles. The molecule has 0 saturated carbocycles. The van der Waals surface area contributed by atoms with Gasteiger partial charge in [0.25, 0.3) is 0 Å². The van der Waals surface area contributed by atoms with E-state index in [1.807, 2.05) is 45.0 Å². The number of carbonyl (C=O) groups is 1. The van der Waals surface area contributed by atoms with Crippen molar-refractivity contribution < 1.29 is 4.79 Å². The second kappa shape index (κ2) is 4.65. The number of anilines is 1. The van der Waals surface area contributed by atoms with Gasteiger partial charge < -0.3 is 5.73 Å². The zero-order valence-electron chi connectivity index (χ0n) is 10.9. The first-order valence-electron chi connectivity index (χ1n) is 5.96. The maximum atomic E-state index is 12.4. The number of hydrogen-bond acceptors (Lipinski definition) is 2. The lowest BCUT2D eigenvalue weighted by Crippen LogP contribution is -2.03. The fraction of sp³-hybridized carbons (Fsp3) is 0.188. The SMILES string of the molecule is Cc1cc(C)cc(C(=O)c2ccc(C)c(N)c2)c1. The van der Waals surface area contributed by atoms with Crippen LogP contribution in [0.3, 0.4) is 0 Å². The van der Waals surface area contributed by atoms with Crippen LogP contribution >= 0.6 is 0 Å². The molecule has 18 heavy (non-hydrogen) atoms. The van der Waals surface area contributed by atoms with E-state index in [1.165, 1.54) is 0 Å². The van der Waals surface area contributed by atoms with Gasteiger partial charge in [0.1, 0.15) is 0 Å². The van der Waals surface area contributed by atoms with Crippen LogP contribution in [0.25, 0.3) is 0 Å². The Morgan fingerprint density at radius 2 is 1.50 bits per heavy atom. The van der Waals surface area contributed by atoms with E-state index in [4.69, 9.17) is 5.73 Å². The average molecular weight is 239 g/mol. The van der Waals surface area contributed by atoms with Crippen molar-refractivity contribution in [3.05, 3.63) is 64.2 Å². The number of rotatable bonds is 2. The summed E-state index contributed by atoms with van der Waals surface area (Å²) in [4.78, 5) is 12.4. The van der Waals surface area contributed by atoms with Gasteiger partial charge in [0, 0.05) is 16.8 Å². The third kappa shape index (κ3) is 2.43. The first-order valence-corrected chi connectivity index (χ1v) is 5.96. The maximum absolute atomic E-state index is 12.4. The molecule has 0 atom stereocenters. The highest BCUT2D eigenvalue weighted by molar-refractivity contribution is 6.09. The van der Waals surface area contributed by atoms with Crippen LogP contribution in [-0.2, 0) is 0 Å². The minimum Gasteiger partial charge on any atom is -0.398 e. The summed E-state index contributed by atoms with van der Waals surface area (Å²) in [5.74, 6) is 0.0218. The molecule has 0 spiro atoms. The molecule has 0 fully saturated rings. The molecule has 0 aliphatic heterocycles. The molecule has 2 nitrogen and oxygen atoms in total. The van der Waals surface area contributed by atoms with E-state index in [-0.39, 0.29) is 5.78 Å². The van der Waals surface area contributed by atoms with Gasteiger partial charge in [-0.15, -0.1) is 0 Å². The van der Waals surface area contributed by atoms with Crippen LogP contribution in [0, 0.1) is 20.8 Å². The highest BCUT2D eigenvalue weighted by Crippen LogP contribution is 2.18. The number of ketones is 1. The third-order valence-corrected chi connectivity index (χ3v) is 3.03. The molecule has 0 amide bonds. The Hall–Kier alpha value is -2.09. The van der Waals surface area contributed by atoms with Gasteiger partial charge in [0.15, 0.2) is 5.78 Å². The van der Waals surface area contributed by atoms with Crippen molar-refractivity contribution in [2.75, 3.05) is 5.73 Å². The predicted octanol–water partition coefficient (Wildman–Crippen LogP) is 3.43. The molecule has 0 aliphatic carbocycles. The van der Waals surface area contributed by atoms with Crippen molar-refractivity contribution >= 4 is 11.5 Å². The Kier molecular flexibility index (Phi) is 3.19. The highest BCUT2D eigenvalue weighted by atomic mass is 16.1. The van der Waals surface area contributed by atoms with E-state index in [0.29, 0.717) is 11.3 Å².